The second-order valence-electron chi connectivity index (χ2n) is 7.18. The molecule has 3 amide bonds. The van der Waals surface area contributed by atoms with Gasteiger partial charge < -0.3 is 20.1 Å². The van der Waals surface area contributed by atoms with E-state index >= 15 is 0 Å². The first-order valence-corrected chi connectivity index (χ1v) is 9.94. The van der Waals surface area contributed by atoms with E-state index in [4.69, 9.17) is 21.1 Å². The number of cyclic esters (lactones) is 1. The highest BCUT2D eigenvalue weighted by molar-refractivity contribution is 6.31. The molecule has 0 saturated carbocycles. The van der Waals surface area contributed by atoms with E-state index in [2.05, 4.69) is 10.6 Å². The summed E-state index contributed by atoms with van der Waals surface area (Å²) in [5, 5.41) is 5.94. The number of esters is 1. The van der Waals surface area contributed by atoms with Crippen molar-refractivity contribution in [2.75, 3.05) is 25.6 Å². The number of anilines is 1. The van der Waals surface area contributed by atoms with Gasteiger partial charge in [0.1, 0.15) is 18.9 Å². The maximum absolute atomic E-state index is 12.9. The first-order chi connectivity index (χ1) is 14.9. The zero-order chi connectivity index (χ0) is 22.1. The van der Waals surface area contributed by atoms with Crippen molar-refractivity contribution in [1.82, 2.24) is 10.2 Å². The van der Waals surface area contributed by atoms with Gasteiger partial charge in [0.15, 0.2) is 0 Å². The summed E-state index contributed by atoms with van der Waals surface area (Å²) >= 11 is 6.28. The largest absolute Gasteiger partial charge is 0.495 e. The van der Waals surface area contributed by atoms with Gasteiger partial charge in [-0.3, -0.25) is 9.69 Å². The SMILES string of the molecule is COc1ccc(C)cc1NC(=O)CN1C(=O)N[C@@H](c2ccccc2Cl)C2=C1COC2=O. The van der Waals surface area contributed by atoms with Gasteiger partial charge in [0.2, 0.25) is 5.91 Å². The summed E-state index contributed by atoms with van der Waals surface area (Å²) in [6.45, 7) is 1.50. The van der Waals surface area contributed by atoms with Gasteiger partial charge in [0.25, 0.3) is 0 Å². The van der Waals surface area contributed by atoms with Gasteiger partial charge in [-0.25, -0.2) is 9.59 Å². The second-order valence-corrected chi connectivity index (χ2v) is 7.59. The molecule has 0 radical (unpaired) electrons. The molecule has 2 aromatic rings. The highest BCUT2D eigenvalue weighted by Gasteiger charge is 2.43. The molecule has 1 atom stereocenters. The fraction of sp³-hybridized carbons (Fsp3) is 0.227. The number of methoxy groups -OCH3 is 1. The fourth-order valence-electron chi connectivity index (χ4n) is 3.67. The number of aryl methyl sites for hydroxylation is 1. The number of nitrogens with one attached hydrogen (secondary N) is 2. The zero-order valence-electron chi connectivity index (χ0n) is 16.9. The lowest BCUT2D eigenvalue weighted by Crippen LogP contribution is -2.49. The van der Waals surface area contributed by atoms with Crippen molar-refractivity contribution in [3.05, 3.63) is 69.9 Å². The highest BCUT2D eigenvalue weighted by Crippen LogP contribution is 2.37. The molecule has 0 aliphatic carbocycles. The summed E-state index contributed by atoms with van der Waals surface area (Å²) in [4.78, 5) is 39.2. The molecule has 0 spiro atoms. The van der Waals surface area contributed by atoms with Crippen LogP contribution in [0.2, 0.25) is 5.02 Å². The van der Waals surface area contributed by atoms with Crippen LogP contribution in [0.1, 0.15) is 17.2 Å². The molecular formula is C22H20ClN3O5. The van der Waals surface area contributed by atoms with Crippen molar-refractivity contribution < 1.29 is 23.9 Å². The Morgan fingerprint density at radius 3 is 2.81 bits per heavy atom. The van der Waals surface area contributed by atoms with Crippen LogP contribution in [0, 0.1) is 6.92 Å². The number of ether oxygens (including phenoxy) is 2. The van der Waals surface area contributed by atoms with Gasteiger partial charge in [0.05, 0.1) is 30.1 Å². The number of halogens is 1. The molecular weight excluding hydrogens is 422 g/mol. The molecule has 0 saturated heterocycles. The average Bonchev–Trinajstić information content (AvgIpc) is 3.12. The average molecular weight is 442 g/mol. The summed E-state index contributed by atoms with van der Waals surface area (Å²) < 4.78 is 10.5. The molecule has 0 fully saturated rings. The Kier molecular flexibility index (Phi) is 5.56. The minimum atomic E-state index is -0.748. The van der Waals surface area contributed by atoms with Gasteiger partial charge >= 0.3 is 12.0 Å². The summed E-state index contributed by atoms with van der Waals surface area (Å²) in [6.07, 6.45) is 0. The van der Waals surface area contributed by atoms with Crippen molar-refractivity contribution >= 4 is 35.2 Å². The van der Waals surface area contributed by atoms with Gasteiger partial charge in [-0.05, 0) is 36.2 Å². The topological polar surface area (TPSA) is 97.0 Å². The van der Waals surface area contributed by atoms with Crippen LogP contribution in [-0.4, -0.2) is 43.1 Å². The van der Waals surface area contributed by atoms with Crippen LogP contribution in [0.25, 0.3) is 0 Å². The summed E-state index contributed by atoms with van der Waals surface area (Å²) in [5.41, 5.74) is 2.64. The van der Waals surface area contributed by atoms with Crippen molar-refractivity contribution in [2.45, 2.75) is 13.0 Å². The minimum absolute atomic E-state index is 0.0937. The first-order valence-electron chi connectivity index (χ1n) is 9.56. The Morgan fingerprint density at radius 1 is 1.29 bits per heavy atom. The second kappa shape index (κ2) is 8.31. The Balaban J connectivity index is 1.61. The third-order valence-electron chi connectivity index (χ3n) is 5.15. The number of hydrogen-bond donors (Lipinski definition) is 2. The number of benzene rings is 2. The smallest absolute Gasteiger partial charge is 0.338 e. The summed E-state index contributed by atoms with van der Waals surface area (Å²) in [6, 6.07) is 11.0. The maximum Gasteiger partial charge on any atom is 0.338 e. The Hall–Kier alpha value is -3.52. The van der Waals surface area contributed by atoms with Gasteiger partial charge in [-0.15, -0.1) is 0 Å². The molecule has 2 aliphatic rings. The van der Waals surface area contributed by atoms with Crippen molar-refractivity contribution in [1.29, 1.82) is 0 Å². The third kappa shape index (κ3) is 3.94. The van der Waals surface area contributed by atoms with Crippen molar-refractivity contribution in [3.63, 3.8) is 0 Å². The number of carbonyl (C=O) groups excluding carboxylic acids is 3. The first kappa shape index (κ1) is 20.7. The summed E-state index contributed by atoms with van der Waals surface area (Å²) in [7, 11) is 1.51. The monoisotopic (exact) mass is 441 g/mol. The predicted octanol–water partition coefficient (Wildman–Crippen LogP) is 3.17. The molecule has 2 N–H and O–H groups in total. The van der Waals surface area contributed by atoms with Crippen LogP contribution in [-0.2, 0) is 14.3 Å². The summed E-state index contributed by atoms with van der Waals surface area (Å²) in [5.74, 6) is -0.493. The van der Waals surface area contributed by atoms with Crippen LogP contribution in [0.15, 0.2) is 53.7 Å². The number of carbonyl (C=O) groups is 3. The van der Waals surface area contributed by atoms with Gasteiger partial charge in [-0.1, -0.05) is 35.9 Å². The van der Waals surface area contributed by atoms with E-state index in [1.54, 1.807) is 36.4 Å². The van der Waals surface area contributed by atoms with E-state index < -0.39 is 23.9 Å². The van der Waals surface area contributed by atoms with Crippen LogP contribution in [0.4, 0.5) is 10.5 Å². The Morgan fingerprint density at radius 2 is 2.06 bits per heavy atom. The van der Waals surface area contributed by atoms with Crippen LogP contribution in [0.5, 0.6) is 5.75 Å². The van der Waals surface area contributed by atoms with E-state index in [9.17, 15) is 14.4 Å². The number of hydrogen-bond acceptors (Lipinski definition) is 5. The lowest BCUT2D eigenvalue weighted by Gasteiger charge is -2.32. The number of nitrogens with zero attached hydrogens (tertiary/aromatic N) is 1. The molecule has 0 aromatic heterocycles. The minimum Gasteiger partial charge on any atom is -0.495 e. The van der Waals surface area contributed by atoms with Crippen molar-refractivity contribution in [2.24, 2.45) is 0 Å². The van der Waals surface area contributed by atoms with E-state index in [0.717, 1.165) is 5.56 Å². The normalized spacial score (nSPS) is 17.8. The maximum atomic E-state index is 12.9. The quantitative estimate of drug-likeness (QED) is 0.694. The molecule has 2 aromatic carbocycles. The predicted molar refractivity (Wildman–Crippen MR) is 114 cm³/mol. The van der Waals surface area contributed by atoms with E-state index in [1.165, 1.54) is 12.0 Å². The molecule has 31 heavy (non-hydrogen) atoms. The molecule has 2 heterocycles. The number of urea groups is 1. The third-order valence-corrected chi connectivity index (χ3v) is 5.49. The van der Waals surface area contributed by atoms with Gasteiger partial charge in [-0.2, -0.15) is 0 Å². The fourth-order valence-corrected chi connectivity index (χ4v) is 3.92. The van der Waals surface area contributed by atoms with Crippen LogP contribution < -0.4 is 15.4 Å². The molecule has 9 heteroatoms. The molecule has 4 rings (SSSR count). The molecule has 2 aliphatic heterocycles. The highest BCUT2D eigenvalue weighted by atomic mass is 35.5. The van der Waals surface area contributed by atoms with E-state index in [-0.39, 0.29) is 18.7 Å². The zero-order valence-corrected chi connectivity index (χ0v) is 17.7. The molecule has 8 nitrogen and oxygen atoms in total. The van der Waals surface area contributed by atoms with E-state index in [1.807, 2.05) is 13.0 Å². The van der Waals surface area contributed by atoms with Gasteiger partial charge in [0, 0.05) is 5.02 Å². The van der Waals surface area contributed by atoms with E-state index in [0.29, 0.717) is 27.7 Å². The molecule has 160 valence electrons. The van der Waals surface area contributed by atoms with Crippen LogP contribution >= 0.6 is 11.6 Å². The Bertz CT molecular complexity index is 1110. The van der Waals surface area contributed by atoms with Crippen LogP contribution in [0.3, 0.4) is 0 Å². The number of rotatable bonds is 5. The van der Waals surface area contributed by atoms with Crippen molar-refractivity contribution in [3.8, 4) is 5.75 Å². The molecule has 0 unspecified atom stereocenters. The Labute approximate surface area is 183 Å². The lowest BCUT2D eigenvalue weighted by molar-refractivity contribution is -0.136. The molecule has 0 bridgehead atoms. The standard InChI is InChI=1S/C22H20ClN3O5/c1-12-7-8-17(30-2)15(9-12)24-18(27)10-26-16-11-31-21(28)19(16)20(25-22(26)29)13-5-3-4-6-14(13)23/h3-9,20H,10-11H2,1-2H3,(H,24,27)(H,25,29)/t20-/m0/s1. The number of amides is 3. The lowest BCUT2D eigenvalue weighted by atomic mass is 9.95.